The first-order valence-corrected chi connectivity index (χ1v) is 8.14. The summed E-state index contributed by atoms with van der Waals surface area (Å²) >= 11 is 0. The van der Waals surface area contributed by atoms with Gasteiger partial charge in [0.05, 0.1) is 6.54 Å². The van der Waals surface area contributed by atoms with E-state index in [4.69, 9.17) is 0 Å². The fraction of sp³-hybridized carbons (Fsp3) is 0.800. The zero-order valence-electron chi connectivity index (χ0n) is 13.5. The largest absolute Gasteiger partial charge is 0.342 e. The number of imide groups is 1. The fourth-order valence-electron chi connectivity index (χ4n) is 3.17. The molecular weight excluding hydrogens is 284 g/mol. The number of hydrogen-bond acceptors (Lipinski definition) is 4. The van der Waals surface area contributed by atoms with Crippen LogP contribution in [-0.2, 0) is 9.59 Å². The van der Waals surface area contributed by atoms with Crippen LogP contribution in [0.25, 0.3) is 0 Å². The maximum Gasteiger partial charge on any atom is 0.322 e. The molecule has 124 valence electrons. The van der Waals surface area contributed by atoms with Crippen molar-refractivity contribution >= 4 is 17.8 Å². The van der Waals surface area contributed by atoms with Gasteiger partial charge in [0.15, 0.2) is 0 Å². The van der Waals surface area contributed by atoms with E-state index < -0.39 is 11.6 Å². The molecule has 0 aliphatic carbocycles. The summed E-state index contributed by atoms with van der Waals surface area (Å²) in [5.74, 6) is -0.0818. The van der Waals surface area contributed by atoms with E-state index in [0.29, 0.717) is 32.5 Å². The van der Waals surface area contributed by atoms with E-state index in [1.807, 2.05) is 4.90 Å². The van der Waals surface area contributed by atoms with Crippen LogP contribution in [0.3, 0.4) is 0 Å². The molecule has 2 heterocycles. The lowest BCUT2D eigenvalue weighted by Crippen LogP contribution is -2.56. The highest BCUT2D eigenvalue weighted by Gasteiger charge is 2.47. The highest BCUT2D eigenvalue weighted by atomic mass is 16.2. The fourth-order valence-corrected chi connectivity index (χ4v) is 3.17. The number of nitrogens with zero attached hydrogens (tertiary/aromatic N) is 2. The molecule has 0 aromatic carbocycles. The van der Waals surface area contributed by atoms with Crippen molar-refractivity contribution in [3.63, 3.8) is 0 Å². The van der Waals surface area contributed by atoms with Gasteiger partial charge < -0.3 is 10.2 Å². The first-order chi connectivity index (χ1) is 10.5. The lowest BCUT2D eigenvalue weighted by atomic mass is 9.88. The molecule has 2 fully saturated rings. The van der Waals surface area contributed by atoms with Gasteiger partial charge in [0.25, 0.3) is 5.91 Å². The molecule has 7 heteroatoms. The molecule has 0 atom stereocenters. The van der Waals surface area contributed by atoms with Crippen molar-refractivity contribution in [2.45, 2.75) is 45.1 Å². The molecule has 22 heavy (non-hydrogen) atoms. The van der Waals surface area contributed by atoms with E-state index in [9.17, 15) is 14.4 Å². The molecule has 4 amide bonds. The molecule has 0 aromatic rings. The maximum atomic E-state index is 12.4. The number of amides is 4. The van der Waals surface area contributed by atoms with Gasteiger partial charge in [-0.3, -0.25) is 19.8 Å². The molecule has 0 bridgehead atoms. The summed E-state index contributed by atoms with van der Waals surface area (Å²) in [4.78, 5) is 39.5. The van der Waals surface area contributed by atoms with Gasteiger partial charge in [-0.1, -0.05) is 13.8 Å². The summed E-state index contributed by atoms with van der Waals surface area (Å²) in [6.45, 7) is 7.42. The van der Waals surface area contributed by atoms with E-state index >= 15 is 0 Å². The van der Waals surface area contributed by atoms with Crippen LogP contribution in [0.15, 0.2) is 0 Å². The summed E-state index contributed by atoms with van der Waals surface area (Å²) in [6, 6.07) is -0.411. The van der Waals surface area contributed by atoms with Crippen molar-refractivity contribution in [2.24, 2.45) is 0 Å². The van der Waals surface area contributed by atoms with Crippen molar-refractivity contribution in [2.75, 3.05) is 32.7 Å². The SMILES string of the molecule is CCCN(CCC)C(=O)CN1CCC2(CC1)NC(=O)NC2=O. The Kier molecular flexibility index (Phi) is 5.39. The minimum Gasteiger partial charge on any atom is -0.342 e. The maximum absolute atomic E-state index is 12.4. The number of piperidine rings is 1. The van der Waals surface area contributed by atoms with Crippen LogP contribution in [0.1, 0.15) is 39.5 Å². The van der Waals surface area contributed by atoms with Gasteiger partial charge in [0.2, 0.25) is 5.91 Å². The molecule has 2 N–H and O–H groups in total. The van der Waals surface area contributed by atoms with E-state index in [1.54, 1.807) is 0 Å². The Morgan fingerprint density at radius 2 is 1.77 bits per heavy atom. The van der Waals surface area contributed by atoms with Crippen LogP contribution in [0, 0.1) is 0 Å². The normalized spacial score (nSPS) is 20.8. The highest BCUT2D eigenvalue weighted by molar-refractivity contribution is 6.07. The summed E-state index contributed by atoms with van der Waals surface area (Å²) in [6.07, 6.45) is 3.03. The molecule has 0 aromatic heterocycles. The Morgan fingerprint density at radius 1 is 1.18 bits per heavy atom. The monoisotopic (exact) mass is 310 g/mol. The predicted molar refractivity (Wildman–Crippen MR) is 82.2 cm³/mol. The van der Waals surface area contributed by atoms with Gasteiger partial charge in [-0.15, -0.1) is 0 Å². The Hall–Kier alpha value is -1.63. The zero-order valence-corrected chi connectivity index (χ0v) is 13.5. The molecule has 7 nitrogen and oxygen atoms in total. The number of urea groups is 1. The van der Waals surface area contributed by atoms with Crippen molar-refractivity contribution in [3.05, 3.63) is 0 Å². The second kappa shape index (κ2) is 7.09. The number of hydrogen-bond donors (Lipinski definition) is 2. The van der Waals surface area contributed by atoms with Gasteiger partial charge in [-0.2, -0.15) is 0 Å². The molecule has 0 saturated carbocycles. The lowest BCUT2D eigenvalue weighted by molar-refractivity contribution is -0.133. The van der Waals surface area contributed by atoms with Crippen LogP contribution < -0.4 is 10.6 Å². The third-order valence-corrected chi connectivity index (χ3v) is 4.42. The summed E-state index contributed by atoms with van der Waals surface area (Å²) in [5.41, 5.74) is -0.761. The van der Waals surface area contributed by atoms with Gasteiger partial charge in [-0.05, 0) is 25.7 Å². The summed E-state index contributed by atoms with van der Waals surface area (Å²) in [5, 5.41) is 5.04. The lowest BCUT2D eigenvalue weighted by Gasteiger charge is -2.37. The Morgan fingerprint density at radius 3 is 2.23 bits per heavy atom. The van der Waals surface area contributed by atoms with Crippen molar-refractivity contribution in [3.8, 4) is 0 Å². The quantitative estimate of drug-likeness (QED) is 0.692. The third kappa shape index (κ3) is 3.58. The van der Waals surface area contributed by atoms with E-state index in [1.165, 1.54) is 0 Å². The van der Waals surface area contributed by atoms with Crippen molar-refractivity contribution < 1.29 is 14.4 Å². The molecule has 1 spiro atoms. The summed E-state index contributed by atoms with van der Waals surface area (Å²) < 4.78 is 0. The Labute approximate surface area is 131 Å². The standard InChI is InChI=1S/C15H26N4O3/c1-3-7-19(8-4-2)12(20)11-18-9-5-15(6-10-18)13(21)16-14(22)17-15/h3-11H2,1-2H3,(H2,16,17,21,22). The average molecular weight is 310 g/mol. The van der Waals surface area contributed by atoms with Gasteiger partial charge >= 0.3 is 6.03 Å². The first-order valence-electron chi connectivity index (χ1n) is 8.14. The van der Waals surface area contributed by atoms with Crippen LogP contribution in [0.5, 0.6) is 0 Å². The first kappa shape index (κ1) is 16.7. The number of rotatable bonds is 6. The molecule has 2 aliphatic heterocycles. The minimum absolute atomic E-state index is 0.152. The number of likely N-dealkylation sites (tertiary alicyclic amines) is 1. The topological polar surface area (TPSA) is 81.8 Å². The highest BCUT2D eigenvalue weighted by Crippen LogP contribution is 2.25. The predicted octanol–water partition coefficient (Wildman–Crippen LogP) is 0.309. The third-order valence-electron chi connectivity index (χ3n) is 4.42. The van der Waals surface area contributed by atoms with Crippen LogP contribution in [0.4, 0.5) is 4.79 Å². The van der Waals surface area contributed by atoms with Crippen LogP contribution in [-0.4, -0.2) is 65.9 Å². The second-order valence-electron chi connectivity index (χ2n) is 6.15. The van der Waals surface area contributed by atoms with Crippen LogP contribution in [0.2, 0.25) is 0 Å². The average Bonchev–Trinajstić information content (AvgIpc) is 2.75. The molecule has 2 rings (SSSR count). The number of carbonyl (C=O) groups excluding carboxylic acids is 3. The summed E-state index contributed by atoms with van der Waals surface area (Å²) in [7, 11) is 0. The molecule has 0 unspecified atom stereocenters. The number of nitrogens with one attached hydrogen (secondary N) is 2. The Balaban J connectivity index is 1.85. The molecule has 2 aliphatic rings. The van der Waals surface area contributed by atoms with Crippen LogP contribution >= 0.6 is 0 Å². The van der Waals surface area contributed by atoms with E-state index in [0.717, 1.165) is 25.9 Å². The minimum atomic E-state index is -0.761. The smallest absolute Gasteiger partial charge is 0.322 e. The van der Waals surface area contributed by atoms with E-state index in [2.05, 4.69) is 29.4 Å². The van der Waals surface area contributed by atoms with E-state index in [-0.39, 0.29) is 11.8 Å². The molecular formula is C15H26N4O3. The second-order valence-corrected chi connectivity index (χ2v) is 6.15. The van der Waals surface area contributed by atoms with Gasteiger partial charge in [0, 0.05) is 26.2 Å². The number of carbonyl (C=O) groups is 3. The molecule has 0 radical (unpaired) electrons. The Bertz CT molecular complexity index is 438. The van der Waals surface area contributed by atoms with Gasteiger partial charge in [0.1, 0.15) is 5.54 Å². The molecule has 2 saturated heterocycles. The van der Waals surface area contributed by atoms with Gasteiger partial charge in [-0.25, -0.2) is 4.79 Å². The zero-order chi connectivity index (χ0) is 16.2. The van der Waals surface area contributed by atoms with Crippen molar-refractivity contribution in [1.29, 1.82) is 0 Å². The van der Waals surface area contributed by atoms with Crippen molar-refractivity contribution in [1.82, 2.24) is 20.4 Å².